The minimum Gasteiger partial charge on any atom is -0.305 e. The molecule has 1 aliphatic heterocycles. The number of hydrogen-bond donors (Lipinski definition) is 1. The van der Waals surface area contributed by atoms with E-state index in [0.29, 0.717) is 0 Å². The smallest absolute Gasteiger partial charge is 0.0962 e. The van der Waals surface area contributed by atoms with Crippen molar-refractivity contribution in [1.29, 1.82) is 5.26 Å². The van der Waals surface area contributed by atoms with E-state index < -0.39 is 0 Å². The van der Waals surface area contributed by atoms with Gasteiger partial charge in [0.2, 0.25) is 0 Å². The van der Waals surface area contributed by atoms with Gasteiger partial charge in [-0.1, -0.05) is 24.3 Å². The van der Waals surface area contributed by atoms with Crippen LogP contribution in [0.3, 0.4) is 0 Å². The molecule has 0 radical (unpaired) electrons. The highest BCUT2D eigenvalue weighted by atomic mass is 15.1. The molecular formula is C15H21N3. The van der Waals surface area contributed by atoms with Crippen LogP contribution < -0.4 is 5.32 Å². The maximum Gasteiger partial charge on any atom is 0.0962 e. The van der Waals surface area contributed by atoms with E-state index >= 15 is 0 Å². The molecule has 0 aromatic heterocycles. The predicted molar refractivity (Wildman–Crippen MR) is 73.4 cm³/mol. The van der Waals surface area contributed by atoms with Crippen molar-refractivity contribution in [2.45, 2.75) is 25.3 Å². The molecule has 1 aromatic carbocycles. The second-order valence-corrected chi connectivity index (χ2v) is 4.87. The maximum atomic E-state index is 8.92. The van der Waals surface area contributed by atoms with Gasteiger partial charge < -0.3 is 10.2 Å². The molecule has 0 aliphatic carbocycles. The van der Waals surface area contributed by atoms with Crippen molar-refractivity contribution in [2.75, 3.05) is 26.7 Å². The highest BCUT2D eigenvalue weighted by molar-refractivity contribution is 5.28. The Balaban J connectivity index is 1.87. The van der Waals surface area contributed by atoms with Gasteiger partial charge in [0, 0.05) is 19.6 Å². The lowest BCUT2D eigenvalue weighted by Crippen LogP contribution is -2.33. The standard InChI is InChI=1S/C15H21N3/c1-17-15(12-16)8-11-18-9-6-13-4-2-3-5-14(13)7-10-18/h2-5,15,17H,6-11H2,1H3. The monoisotopic (exact) mass is 243 g/mol. The maximum absolute atomic E-state index is 8.92. The largest absolute Gasteiger partial charge is 0.305 e. The zero-order valence-electron chi connectivity index (χ0n) is 11.0. The molecule has 1 N–H and O–H groups in total. The first-order valence-corrected chi connectivity index (χ1v) is 6.69. The molecule has 1 heterocycles. The summed E-state index contributed by atoms with van der Waals surface area (Å²) in [5.41, 5.74) is 2.98. The molecule has 1 aromatic rings. The SMILES string of the molecule is CNC(C#N)CCN1CCc2ccccc2CC1. The Kier molecular flexibility index (Phi) is 4.74. The molecule has 3 nitrogen and oxygen atoms in total. The summed E-state index contributed by atoms with van der Waals surface area (Å²) < 4.78 is 0. The van der Waals surface area contributed by atoms with Crippen molar-refractivity contribution in [3.05, 3.63) is 35.4 Å². The second-order valence-electron chi connectivity index (χ2n) is 4.87. The fourth-order valence-electron chi connectivity index (χ4n) is 2.52. The average Bonchev–Trinajstić information content (AvgIpc) is 2.63. The molecule has 1 atom stereocenters. The quantitative estimate of drug-likeness (QED) is 0.873. The minimum absolute atomic E-state index is 0.0179. The summed E-state index contributed by atoms with van der Waals surface area (Å²) >= 11 is 0. The molecule has 0 fully saturated rings. The van der Waals surface area contributed by atoms with Crippen LogP contribution in [0.25, 0.3) is 0 Å². The van der Waals surface area contributed by atoms with Gasteiger partial charge in [-0.05, 0) is 37.4 Å². The first-order chi connectivity index (χ1) is 8.83. The van der Waals surface area contributed by atoms with Crippen LogP contribution >= 0.6 is 0 Å². The van der Waals surface area contributed by atoms with Gasteiger partial charge in [0.25, 0.3) is 0 Å². The number of rotatable bonds is 4. The Morgan fingerprint density at radius 2 is 1.89 bits per heavy atom. The van der Waals surface area contributed by atoms with E-state index in [9.17, 15) is 0 Å². The van der Waals surface area contributed by atoms with Crippen molar-refractivity contribution >= 4 is 0 Å². The Morgan fingerprint density at radius 1 is 1.28 bits per heavy atom. The van der Waals surface area contributed by atoms with Crippen LogP contribution in [0.5, 0.6) is 0 Å². The fraction of sp³-hybridized carbons (Fsp3) is 0.533. The first-order valence-electron chi connectivity index (χ1n) is 6.69. The lowest BCUT2D eigenvalue weighted by molar-refractivity contribution is 0.277. The van der Waals surface area contributed by atoms with Gasteiger partial charge in [-0.2, -0.15) is 5.26 Å². The Labute approximate surface area is 109 Å². The van der Waals surface area contributed by atoms with Gasteiger partial charge in [0.05, 0.1) is 12.1 Å². The van der Waals surface area contributed by atoms with Gasteiger partial charge in [-0.15, -0.1) is 0 Å². The molecule has 3 heteroatoms. The van der Waals surface area contributed by atoms with E-state index in [1.165, 1.54) is 11.1 Å². The van der Waals surface area contributed by atoms with Crippen molar-refractivity contribution in [2.24, 2.45) is 0 Å². The van der Waals surface area contributed by atoms with Crippen molar-refractivity contribution in [1.82, 2.24) is 10.2 Å². The van der Waals surface area contributed by atoms with E-state index in [1.54, 1.807) is 0 Å². The Bertz CT molecular complexity index is 395. The molecule has 0 bridgehead atoms. The van der Waals surface area contributed by atoms with E-state index in [4.69, 9.17) is 5.26 Å². The Morgan fingerprint density at radius 3 is 2.39 bits per heavy atom. The number of nitriles is 1. The normalized spacial score (nSPS) is 17.6. The van der Waals surface area contributed by atoms with Crippen LogP contribution in [-0.4, -0.2) is 37.6 Å². The number of benzene rings is 1. The van der Waals surface area contributed by atoms with Gasteiger partial charge in [-0.25, -0.2) is 0 Å². The first kappa shape index (κ1) is 13.1. The summed E-state index contributed by atoms with van der Waals surface area (Å²) in [6, 6.07) is 11.0. The highest BCUT2D eigenvalue weighted by Crippen LogP contribution is 2.15. The molecule has 1 aliphatic rings. The van der Waals surface area contributed by atoms with Gasteiger partial charge in [0.15, 0.2) is 0 Å². The Hall–Kier alpha value is -1.37. The molecule has 0 spiro atoms. The third kappa shape index (κ3) is 3.32. The number of nitrogens with one attached hydrogen (secondary N) is 1. The summed E-state index contributed by atoms with van der Waals surface area (Å²) in [4.78, 5) is 2.47. The van der Waals surface area contributed by atoms with E-state index in [-0.39, 0.29) is 6.04 Å². The van der Waals surface area contributed by atoms with Crippen molar-refractivity contribution < 1.29 is 0 Å². The lowest BCUT2D eigenvalue weighted by atomic mass is 10.0. The molecular weight excluding hydrogens is 222 g/mol. The van der Waals surface area contributed by atoms with E-state index in [2.05, 4.69) is 40.6 Å². The van der Waals surface area contributed by atoms with Crippen LogP contribution in [0.15, 0.2) is 24.3 Å². The number of fused-ring (bicyclic) bond motifs is 1. The molecule has 2 rings (SSSR count). The van der Waals surface area contributed by atoms with Gasteiger partial charge in [0.1, 0.15) is 0 Å². The zero-order valence-corrected chi connectivity index (χ0v) is 11.0. The second kappa shape index (κ2) is 6.53. The average molecular weight is 243 g/mol. The summed E-state index contributed by atoms with van der Waals surface area (Å²) in [6.45, 7) is 3.23. The fourth-order valence-corrected chi connectivity index (χ4v) is 2.52. The summed E-state index contributed by atoms with van der Waals surface area (Å²) in [5.74, 6) is 0. The predicted octanol–water partition coefficient (Wildman–Crippen LogP) is 1.59. The highest BCUT2D eigenvalue weighted by Gasteiger charge is 2.14. The lowest BCUT2D eigenvalue weighted by Gasteiger charge is -2.20. The molecule has 0 saturated carbocycles. The van der Waals surface area contributed by atoms with E-state index in [1.807, 2.05) is 7.05 Å². The van der Waals surface area contributed by atoms with Crippen molar-refractivity contribution in [3.8, 4) is 6.07 Å². The molecule has 0 saturated heterocycles. The third-order valence-corrected chi connectivity index (χ3v) is 3.75. The number of hydrogen-bond acceptors (Lipinski definition) is 3. The zero-order chi connectivity index (χ0) is 12.8. The molecule has 1 unspecified atom stereocenters. The summed E-state index contributed by atoms with van der Waals surface area (Å²) in [7, 11) is 1.85. The molecule has 18 heavy (non-hydrogen) atoms. The summed E-state index contributed by atoms with van der Waals surface area (Å²) in [6.07, 6.45) is 3.17. The number of nitrogens with zero attached hydrogens (tertiary/aromatic N) is 2. The van der Waals surface area contributed by atoms with Crippen LogP contribution in [0.4, 0.5) is 0 Å². The minimum atomic E-state index is -0.0179. The van der Waals surface area contributed by atoms with Crippen LogP contribution in [0.2, 0.25) is 0 Å². The molecule has 0 amide bonds. The topological polar surface area (TPSA) is 39.1 Å². The van der Waals surface area contributed by atoms with Crippen molar-refractivity contribution in [3.63, 3.8) is 0 Å². The summed E-state index contributed by atoms with van der Waals surface area (Å²) in [5, 5.41) is 12.0. The van der Waals surface area contributed by atoms with Crippen LogP contribution in [0.1, 0.15) is 17.5 Å². The van der Waals surface area contributed by atoms with Crippen LogP contribution in [-0.2, 0) is 12.8 Å². The van der Waals surface area contributed by atoms with Gasteiger partial charge in [-0.3, -0.25) is 0 Å². The van der Waals surface area contributed by atoms with Crippen LogP contribution in [0, 0.1) is 11.3 Å². The van der Waals surface area contributed by atoms with Gasteiger partial charge >= 0.3 is 0 Å². The molecule has 96 valence electrons. The van der Waals surface area contributed by atoms with E-state index in [0.717, 1.165) is 38.9 Å². The third-order valence-electron chi connectivity index (χ3n) is 3.75.